The molecule has 0 saturated carbocycles. The third-order valence-electron chi connectivity index (χ3n) is 3.68. The van der Waals surface area contributed by atoms with Crippen LogP contribution in [0.15, 0.2) is 24.3 Å². The molecular weight excluding hydrogens is 304 g/mol. The van der Waals surface area contributed by atoms with Gasteiger partial charge in [0.15, 0.2) is 0 Å². The number of amides is 1. The third-order valence-corrected chi connectivity index (χ3v) is 4.02. The summed E-state index contributed by atoms with van der Waals surface area (Å²) in [5.74, 6) is 0.156. The van der Waals surface area contributed by atoms with E-state index in [-0.39, 0.29) is 5.91 Å². The predicted octanol–water partition coefficient (Wildman–Crippen LogP) is 3.23. The number of aromatic amines is 1. The van der Waals surface area contributed by atoms with Gasteiger partial charge >= 0.3 is 0 Å². The highest BCUT2D eigenvalue weighted by Crippen LogP contribution is 2.29. The summed E-state index contributed by atoms with van der Waals surface area (Å²) in [4.78, 5) is 17.8. The highest BCUT2D eigenvalue weighted by atomic mass is 79.9. The van der Waals surface area contributed by atoms with Crippen LogP contribution in [-0.2, 0) is 17.8 Å². The molecule has 1 aromatic carbocycles. The SMILES string of the molecule is CC(C)(Br)C(=O)N1CCc2[nH]c3ccccc3c2C1. The van der Waals surface area contributed by atoms with Crippen LogP contribution < -0.4 is 0 Å². The summed E-state index contributed by atoms with van der Waals surface area (Å²) in [6, 6.07) is 8.30. The molecule has 0 bridgehead atoms. The molecule has 4 heteroatoms. The number of hydrogen-bond acceptors (Lipinski definition) is 1. The Hall–Kier alpha value is -1.29. The number of hydrogen-bond donors (Lipinski definition) is 1. The van der Waals surface area contributed by atoms with Crippen molar-refractivity contribution in [2.24, 2.45) is 0 Å². The van der Waals surface area contributed by atoms with Gasteiger partial charge in [-0.2, -0.15) is 0 Å². The number of para-hydroxylation sites is 1. The first-order valence-electron chi connectivity index (χ1n) is 6.53. The van der Waals surface area contributed by atoms with Crippen molar-refractivity contribution in [2.75, 3.05) is 6.54 Å². The molecule has 0 atom stereocenters. The maximum Gasteiger partial charge on any atom is 0.239 e. The van der Waals surface area contributed by atoms with Crippen molar-refractivity contribution in [1.82, 2.24) is 9.88 Å². The van der Waals surface area contributed by atoms with Gasteiger partial charge in [0.1, 0.15) is 0 Å². The molecule has 1 aromatic heterocycles. The molecule has 0 spiro atoms. The first-order valence-corrected chi connectivity index (χ1v) is 7.33. The second-order valence-corrected chi connectivity index (χ2v) is 7.56. The molecule has 100 valence electrons. The summed E-state index contributed by atoms with van der Waals surface area (Å²) < 4.78 is -0.489. The van der Waals surface area contributed by atoms with Gasteiger partial charge in [0, 0.05) is 41.7 Å². The van der Waals surface area contributed by atoms with Gasteiger partial charge in [0.2, 0.25) is 5.91 Å². The van der Waals surface area contributed by atoms with Crippen molar-refractivity contribution in [3.05, 3.63) is 35.5 Å². The van der Waals surface area contributed by atoms with Crippen LogP contribution in [-0.4, -0.2) is 26.7 Å². The van der Waals surface area contributed by atoms with Gasteiger partial charge in [-0.3, -0.25) is 4.79 Å². The van der Waals surface area contributed by atoms with Crippen LogP contribution >= 0.6 is 15.9 Å². The zero-order valence-electron chi connectivity index (χ0n) is 11.2. The average Bonchev–Trinajstić information content (AvgIpc) is 2.74. The molecule has 3 rings (SSSR count). The van der Waals surface area contributed by atoms with Crippen LogP contribution in [0.3, 0.4) is 0 Å². The molecule has 2 aromatic rings. The van der Waals surface area contributed by atoms with E-state index in [1.807, 2.05) is 30.9 Å². The number of halogens is 1. The van der Waals surface area contributed by atoms with E-state index in [1.54, 1.807) is 0 Å². The Morgan fingerprint density at radius 3 is 2.84 bits per heavy atom. The predicted molar refractivity (Wildman–Crippen MR) is 80.4 cm³/mol. The topological polar surface area (TPSA) is 36.1 Å². The minimum Gasteiger partial charge on any atom is -0.358 e. The summed E-state index contributed by atoms with van der Waals surface area (Å²) >= 11 is 3.46. The fourth-order valence-electron chi connectivity index (χ4n) is 2.72. The fourth-order valence-corrected chi connectivity index (χ4v) is 2.97. The lowest BCUT2D eigenvalue weighted by Gasteiger charge is -2.31. The normalized spacial score (nSPS) is 15.6. The van der Waals surface area contributed by atoms with Crippen LogP contribution in [0.1, 0.15) is 25.1 Å². The molecule has 1 aliphatic heterocycles. The maximum absolute atomic E-state index is 12.4. The lowest BCUT2D eigenvalue weighted by Crippen LogP contribution is -2.44. The number of fused-ring (bicyclic) bond motifs is 3. The van der Waals surface area contributed by atoms with E-state index >= 15 is 0 Å². The van der Waals surface area contributed by atoms with E-state index in [1.165, 1.54) is 22.2 Å². The van der Waals surface area contributed by atoms with Crippen molar-refractivity contribution in [3.63, 3.8) is 0 Å². The zero-order chi connectivity index (χ0) is 13.6. The lowest BCUT2D eigenvalue weighted by atomic mass is 10.0. The molecule has 1 amide bonds. The smallest absolute Gasteiger partial charge is 0.239 e. The average molecular weight is 321 g/mol. The third kappa shape index (κ3) is 2.18. The summed E-state index contributed by atoms with van der Waals surface area (Å²) in [5, 5.41) is 1.24. The largest absolute Gasteiger partial charge is 0.358 e. The Bertz CT molecular complexity index is 639. The summed E-state index contributed by atoms with van der Waals surface area (Å²) in [6.07, 6.45) is 0.902. The van der Waals surface area contributed by atoms with Gasteiger partial charge < -0.3 is 9.88 Å². The standard InChI is InChI=1S/C15H17BrN2O/c1-15(2,16)14(19)18-8-7-13-11(9-18)10-5-3-4-6-12(10)17-13/h3-6,17H,7-9H2,1-2H3. The highest BCUT2D eigenvalue weighted by molar-refractivity contribution is 9.10. The van der Waals surface area contributed by atoms with Crippen molar-refractivity contribution in [3.8, 4) is 0 Å². The van der Waals surface area contributed by atoms with Gasteiger partial charge in [-0.25, -0.2) is 0 Å². The van der Waals surface area contributed by atoms with Gasteiger partial charge in [0.05, 0.1) is 4.32 Å². The molecule has 1 N–H and O–H groups in total. The summed E-state index contributed by atoms with van der Waals surface area (Å²) in [5.41, 5.74) is 3.71. The van der Waals surface area contributed by atoms with Crippen LogP contribution in [0.2, 0.25) is 0 Å². The molecule has 0 saturated heterocycles. The van der Waals surface area contributed by atoms with E-state index in [0.29, 0.717) is 6.54 Å². The van der Waals surface area contributed by atoms with E-state index in [0.717, 1.165) is 13.0 Å². The lowest BCUT2D eigenvalue weighted by molar-refractivity contribution is -0.133. The Kier molecular flexibility index (Phi) is 2.93. The molecule has 0 fully saturated rings. The fraction of sp³-hybridized carbons (Fsp3) is 0.400. The number of nitrogens with one attached hydrogen (secondary N) is 1. The Balaban J connectivity index is 1.97. The number of benzene rings is 1. The van der Waals surface area contributed by atoms with Gasteiger partial charge in [-0.15, -0.1) is 0 Å². The van der Waals surface area contributed by atoms with Crippen LogP contribution in [0.4, 0.5) is 0 Å². The zero-order valence-corrected chi connectivity index (χ0v) is 12.8. The number of aromatic nitrogens is 1. The number of alkyl halides is 1. The summed E-state index contributed by atoms with van der Waals surface area (Å²) in [7, 11) is 0. The molecule has 3 nitrogen and oxygen atoms in total. The van der Waals surface area contributed by atoms with Crippen molar-refractivity contribution in [1.29, 1.82) is 0 Å². The summed E-state index contributed by atoms with van der Waals surface area (Å²) in [6.45, 7) is 5.29. The molecule has 0 radical (unpaired) electrons. The van der Waals surface area contributed by atoms with Crippen LogP contribution in [0, 0.1) is 0 Å². The molecular formula is C15H17BrN2O. The molecule has 0 unspecified atom stereocenters. The minimum absolute atomic E-state index is 0.156. The van der Waals surface area contributed by atoms with Gasteiger partial charge in [-0.05, 0) is 19.9 Å². The maximum atomic E-state index is 12.4. The first kappa shape index (κ1) is 12.7. The number of nitrogens with zero attached hydrogens (tertiary/aromatic N) is 1. The van der Waals surface area contributed by atoms with Crippen molar-refractivity contribution in [2.45, 2.75) is 31.1 Å². The molecule has 19 heavy (non-hydrogen) atoms. The molecule has 1 aliphatic rings. The minimum atomic E-state index is -0.489. The Labute approximate surface area is 121 Å². The number of carbonyl (C=O) groups is 1. The second-order valence-electron chi connectivity index (χ2n) is 5.58. The van der Waals surface area contributed by atoms with Crippen molar-refractivity contribution >= 4 is 32.7 Å². The van der Waals surface area contributed by atoms with Crippen molar-refractivity contribution < 1.29 is 4.79 Å². The molecule has 0 aliphatic carbocycles. The van der Waals surface area contributed by atoms with E-state index in [4.69, 9.17) is 0 Å². The van der Waals surface area contributed by atoms with Gasteiger partial charge in [0.25, 0.3) is 0 Å². The Morgan fingerprint density at radius 1 is 1.37 bits per heavy atom. The number of H-pyrrole nitrogens is 1. The molecule has 2 heterocycles. The van der Waals surface area contributed by atoms with E-state index in [2.05, 4.69) is 33.0 Å². The number of carbonyl (C=O) groups excluding carboxylic acids is 1. The number of rotatable bonds is 1. The quantitative estimate of drug-likeness (QED) is 0.805. The highest BCUT2D eigenvalue weighted by Gasteiger charge is 2.32. The first-order chi connectivity index (χ1) is 8.97. The van der Waals surface area contributed by atoms with E-state index in [9.17, 15) is 4.79 Å². The van der Waals surface area contributed by atoms with Gasteiger partial charge in [-0.1, -0.05) is 34.1 Å². The van der Waals surface area contributed by atoms with Crippen LogP contribution in [0.5, 0.6) is 0 Å². The van der Waals surface area contributed by atoms with E-state index < -0.39 is 4.32 Å². The Morgan fingerprint density at radius 2 is 2.11 bits per heavy atom. The monoisotopic (exact) mass is 320 g/mol. The van der Waals surface area contributed by atoms with Crippen LogP contribution in [0.25, 0.3) is 10.9 Å². The second kappa shape index (κ2) is 4.37.